The number of rotatable bonds is 7. The molecule has 5 heteroatoms. The summed E-state index contributed by atoms with van der Waals surface area (Å²) in [5.74, 6) is 2.21. The highest BCUT2D eigenvalue weighted by Crippen LogP contribution is 2.08. The number of sulfone groups is 1. The third-order valence-electron chi connectivity index (χ3n) is 1.69. The summed E-state index contributed by atoms with van der Waals surface area (Å²) in [6.45, 7) is 3.78. The van der Waals surface area contributed by atoms with E-state index in [1.54, 1.807) is 18.7 Å². The number of hydrogen-bond donors (Lipinski definition) is 1. The second-order valence-corrected chi connectivity index (χ2v) is 6.72. The first-order valence-electron chi connectivity index (χ1n) is 4.41. The molecule has 0 amide bonds. The largest absolute Gasteiger partial charge is 0.396 e. The first kappa shape index (κ1) is 13.3. The second kappa shape index (κ2) is 6.68. The summed E-state index contributed by atoms with van der Waals surface area (Å²) in [4.78, 5) is 0. The lowest BCUT2D eigenvalue weighted by molar-refractivity contribution is 0.250. The minimum Gasteiger partial charge on any atom is -0.396 e. The van der Waals surface area contributed by atoms with Gasteiger partial charge in [0.15, 0.2) is 9.84 Å². The predicted octanol–water partition coefficient (Wildman–Crippen LogP) is 0.783. The monoisotopic (exact) mass is 226 g/mol. The lowest BCUT2D eigenvalue weighted by Crippen LogP contribution is -2.12. The van der Waals surface area contributed by atoms with E-state index in [-0.39, 0.29) is 24.0 Å². The Bertz CT molecular complexity index is 211. The van der Waals surface area contributed by atoms with Crippen molar-refractivity contribution >= 4 is 21.6 Å². The van der Waals surface area contributed by atoms with Crippen LogP contribution in [0.4, 0.5) is 0 Å². The Morgan fingerprint density at radius 3 is 2.54 bits per heavy atom. The van der Waals surface area contributed by atoms with Gasteiger partial charge in [-0.1, -0.05) is 13.8 Å². The van der Waals surface area contributed by atoms with Crippen LogP contribution in [0.5, 0.6) is 0 Å². The topological polar surface area (TPSA) is 54.4 Å². The fourth-order valence-corrected chi connectivity index (χ4v) is 3.12. The van der Waals surface area contributed by atoms with Gasteiger partial charge in [0, 0.05) is 18.1 Å². The molecule has 0 aliphatic heterocycles. The van der Waals surface area contributed by atoms with Crippen molar-refractivity contribution in [1.29, 1.82) is 0 Å². The van der Waals surface area contributed by atoms with Gasteiger partial charge in [0.05, 0.1) is 5.75 Å². The lowest BCUT2D eigenvalue weighted by Gasteiger charge is -2.06. The molecular formula is C8H18O3S2. The number of aliphatic hydroxyl groups is 1. The van der Waals surface area contributed by atoms with Crippen LogP contribution in [0.15, 0.2) is 0 Å². The van der Waals surface area contributed by atoms with Gasteiger partial charge in [0.2, 0.25) is 0 Å². The van der Waals surface area contributed by atoms with Crippen LogP contribution < -0.4 is 0 Å². The molecule has 13 heavy (non-hydrogen) atoms. The van der Waals surface area contributed by atoms with Crippen molar-refractivity contribution in [3.8, 4) is 0 Å². The standard InChI is InChI=1S/C8H18O3S2/c1-3-13(10,11)5-4-12-7-8(2)6-9/h8-9H,3-7H2,1-2H3. The number of hydrogen-bond acceptors (Lipinski definition) is 4. The van der Waals surface area contributed by atoms with Crippen LogP contribution in [0.1, 0.15) is 13.8 Å². The van der Waals surface area contributed by atoms with Crippen molar-refractivity contribution in [2.45, 2.75) is 13.8 Å². The molecule has 0 aliphatic rings. The van der Waals surface area contributed by atoms with Gasteiger partial charge in [0.1, 0.15) is 0 Å². The summed E-state index contributed by atoms with van der Waals surface area (Å²) in [7, 11) is -2.81. The first-order valence-corrected chi connectivity index (χ1v) is 7.38. The Kier molecular flexibility index (Phi) is 6.81. The zero-order valence-electron chi connectivity index (χ0n) is 8.19. The minimum absolute atomic E-state index is 0.174. The van der Waals surface area contributed by atoms with Crippen LogP contribution in [0, 0.1) is 5.92 Å². The molecule has 1 atom stereocenters. The van der Waals surface area contributed by atoms with E-state index in [9.17, 15) is 8.42 Å². The van der Waals surface area contributed by atoms with Gasteiger partial charge < -0.3 is 5.11 Å². The van der Waals surface area contributed by atoms with E-state index in [1.807, 2.05) is 6.92 Å². The zero-order valence-corrected chi connectivity index (χ0v) is 9.83. The van der Waals surface area contributed by atoms with E-state index < -0.39 is 9.84 Å². The van der Waals surface area contributed by atoms with Crippen LogP contribution in [0.25, 0.3) is 0 Å². The highest BCUT2D eigenvalue weighted by atomic mass is 32.2. The molecule has 1 unspecified atom stereocenters. The zero-order chi connectivity index (χ0) is 10.3. The average molecular weight is 226 g/mol. The highest BCUT2D eigenvalue weighted by Gasteiger charge is 2.07. The Labute approximate surface area is 84.8 Å². The smallest absolute Gasteiger partial charge is 0.150 e. The molecule has 0 saturated heterocycles. The Balaban J connectivity index is 3.47. The number of aliphatic hydroxyl groups excluding tert-OH is 1. The van der Waals surface area contributed by atoms with Crippen molar-refractivity contribution < 1.29 is 13.5 Å². The fourth-order valence-electron chi connectivity index (χ4n) is 0.667. The van der Waals surface area contributed by atoms with Gasteiger partial charge in [-0.05, 0) is 11.7 Å². The van der Waals surface area contributed by atoms with E-state index in [0.717, 1.165) is 5.75 Å². The molecule has 3 nitrogen and oxygen atoms in total. The van der Waals surface area contributed by atoms with Crippen LogP contribution in [0.3, 0.4) is 0 Å². The third-order valence-corrected chi connectivity index (χ3v) is 4.95. The van der Waals surface area contributed by atoms with Crippen molar-refractivity contribution in [2.24, 2.45) is 5.92 Å². The van der Waals surface area contributed by atoms with Crippen LogP contribution in [0.2, 0.25) is 0 Å². The average Bonchev–Trinajstić information content (AvgIpc) is 2.12. The lowest BCUT2D eigenvalue weighted by atomic mass is 10.2. The number of thioether (sulfide) groups is 1. The van der Waals surface area contributed by atoms with E-state index >= 15 is 0 Å². The molecule has 0 heterocycles. The van der Waals surface area contributed by atoms with Crippen LogP contribution in [-0.2, 0) is 9.84 Å². The third kappa shape index (κ3) is 7.34. The first-order chi connectivity index (χ1) is 6.02. The minimum atomic E-state index is -2.81. The normalized spacial score (nSPS) is 14.4. The second-order valence-electron chi connectivity index (χ2n) is 3.10. The molecular weight excluding hydrogens is 208 g/mol. The molecule has 0 saturated carbocycles. The van der Waals surface area contributed by atoms with E-state index in [1.165, 1.54) is 0 Å². The van der Waals surface area contributed by atoms with E-state index in [2.05, 4.69) is 0 Å². The van der Waals surface area contributed by atoms with Crippen molar-refractivity contribution in [3.63, 3.8) is 0 Å². The molecule has 0 aromatic carbocycles. The summed E-state index contributed by atoms with van der Waals surface area (Å²) < 4.78 is 22.1. The maximum Gasteiger partial charge on any atom is 0.150 e. The maximum atomic E-state index is 11.1. The van der Waals surface area contributed by atoms with Gasteiger partial charge >= 0.3 is 0 Å². The molecule has 1 N–H and O–H groups in total. The van der Waals surface area contributed by atoms with Gasteiger partial charge in [-0.15, -0.1) is 0 Å². The fraction of sp³-hybridized carbons (Fsp3) is 1.00. The van der Waals surface area contributed by atoms with Crippen molar-refractivity contribution in [3.05, 3.63) is 0 Å². The van der Waals surface area contributed by atoms with Crippen molar-refractivity contribution in [1.82, 2.24) is 0 Å². The van der Waals surface area contributed by atoms with Crippen LogP contribution >= 0.6 is 11.8 Å². The molecule has 0 radical (unpaired) electrons. The van der Waals surface area contributed by atoms with Gasteiger partial charge in [-0.2, -0.15) is 11.8 Å². The SMILES string of the molecule is CCS(=O)(=O)CCSCC(C)CO. The molecule has 0 spiro atoms. The molecule has 0 bridgehead atoms. The van der Waals surface area contributed by atoms with Gasteiger partial charge in [0.25, 0.3) is 0 Å². The summed E-state index contributed by atoms with van der Waals surface area (Å²) in [6, 6.07) is 0. The maximum absolute atomic E-state index is 11.1. The Morgan fingerprint density at radius 2 is 2.08 bits per heavy atom. The van der Waals surface area contributed by atoms with Gasteiger partial charge in [-0.3, -0.25) is 0 Å². The molecule has 0 aromatic heterocycles. The van der Waals surface area contributed by atoms with Gasteiger partial charge in [-0.25, -0.2) is 8.42 Å². The van der Waals surface area contributed by atoms with Crippen molar-refractivity contribution in [2.75, 3.05) is 29.6 Å². The molecule has 0 fully saturated rings. The Hall–Kier alpha value is 0.260. The summed E-state index contributed by atoms with van der Waals surface area (Å²) in [5, 5.41) is 8.71. The molecule has 0 aliphatic carbocycles. The van der Waals surface area contributed by atoms with E-state index in [4.69, 9.17) is 5.11 Å². The molecule has 0 rings (SSSR count). The molecule has 80 valence electrons. The quantitative estimate of drug-likeness (QED) is 0.652. The highest BCUT2D eigenvalue weighted by molar-refractivity contribution is 8.00. The predicted molar refractivity (Wildman–Crippen MR) is 57.9 cm³/mol. The molecule has 0 aromatic rings. The summed E-state index contributed by atoms with van der Waals surface area (Å²) in [5.41, 5.74) is 0. The van der Waals surface area contributed by atoms with E-state index in [0.29, 0.717) is 5.75 Å². The summed E-state index contributed by atoms with van der Waals surface area (Å²) >= 11 is 1.59. The van der Waals surface area contributed by atoms with Crippen LogP contribution in [-0.4, -0.2) is 43.1 Å². The Morgan fingerprint density at radius 1 is 1.46 bits per heavy atom. The summed E-state index contributed by atoms with van der Waals surface area (Å²) in [6.07, 6.45) is 0.